The van der Waals surface area contributed by atoms with Crippen molar-refractivity contribution >= 4 is 11.6 Å². The normalized spacial score (nSPS) is 10.6. The number of hydrogen-bond acceptors (Lipinski definition) is 4. The van der Waals surface area contributed by atoms with E-state index in [0.717, 1.165) is 5.56 Å². The van der Waals surface area contributed by atoms with Crippen LogP contribution in [-0.4, -0.2) is 35.6 Å². The number of nitrogens with one attached hydrogen (secondary N) is 1. The number of ether oxygens (including phenoxy) is 1. The number of hydrogen-bond donors (Lipinski definition) is 2. The Balaban J connectivity index is 2.01. The van der Waals surface area contributed by atoms with Crippen LogP contribution in [0.3, 0.4) is 0 Å². The van der Waals surface area contributed by atoms with Crippen molar-refractivity contribution in [2.24, 2.45) is 0 Å². The molecule has 2 N–H and O–H groups in total. The Morgan fingerprint density at radius 3 is 2.65 bits per heavy atom. The number of carbonyl (C=O) groups excluding carboxylic acids is 1. The third kappa shape index (κ3) is 5.30. The minimum Gasteiger partial charge on any atom is -0.472 e. The molecule has 122 valence electrons. The second-order valence-electron chi connectivity index (χ2n) is 4.71. The molecule has 1 amide bonds. The van der Waals surface area contributed by atoms with E-state index in [1.807, 2.05) is 0 Å². The van der Waals surface area contributed by atoms with E-state index in [1.165, 1.54) is 18.3 Å². The molecule has 0 aliphatic rings. The number of aromatic nitrogens is 1. The van der Waals surface area contributed by atoms with Crippen molar-refractivity contribution in [2.45, 2.75) is 12.8 Å². The molecule has 0 aliphatic carbocycles. The van der Waals surface area contributed by atoms with Crippen LogP contribution in [0.25, 0.3) is 0 Å². The molecule has 2 rings (SSSR count). The van der Waals surface area contributed by atoms with Crippen LogP contribution in [0, 0.1) is 0 Å². The number of halogens is 2. The monoisotopic (exact) mass is 322 g/mol. The van der Waals surface area contributed by atoms with Gasteiger partial charge in [0, 0.05) is 30.1 Å². The third-order valence-electron chi connectivity index (χ3n) is 2.97. The maximum Gasteiger partial charge on any atom is 0.272 e. The number of benzene rings is 1. The number of aliphatic hydroxyl groups excluding tert-OH is 1. The zero-order valence-electron chi connectivity index (χ0n) is 12.2. The van der Waals surface area contributed by atoms with Crippen LogP contribution in [0.15, 0.2) is 42.6 Å². The summed E-state index contributed by atoms with van der Waals surface area (Å²) in [5, 5.41) is 11.5. The molecule has 1 aromatic heterocycles. The van der Waals surface area contributed by atoms with E-state index in [-0.39, 0.29) is 18.1 Å². The summed E-state index contributed by atoms with van der Waals surface area (Å²) < 4.78 is 29.0. The van der Waals surface area contributed by atoms with Crippen LogP contribution < -0.4 is 10.1 Å². The average Bonchev–Trinajstić information content (AvgIpc) is 2.55. The number of anilines is 1. The van der Waals surface area contributed by atoms with Crippen LogP contribution in [0.4, 0.5) is 14.5 Å². The largest absolute Gasteiger partial charge is 0.472 e. The maximum atomic E-state index is 12.1. The number of nitrogens with zero attached hydrogens (tertiary/aromatic N) is 1. The second kappa shape index (κ2) is 8.19. The smallest absolute Gasteiger partial charge is 0.272 e. The lowest BCUT2D eigenvalue weighted by Gasteiger charge is -2.08. The van der Waals surface area contributed by atoms with Gasteiger partial charge in [0.2, 0.25) is 5.88 Å². The van der Waals surface area contributed by atoms with Crippen LogP contribution in [0.1, 0.15) is 15.9 Å². The Morgan fingerprint density at radius 1 is 1.26 bits per heavy atom. The van der Waals surface area contributed by atoms with Gasteiger partial charge in [0.15, 0.2) is 6.61 Å². The first-order valence-electron chi connectivity index (χ1n) is 6.96. The molecule has 0 unspecified atom stereocenters. The minimum atomic E-state index is -2.60. The standard InChI is InChI=1S/C16H16F2N2O3/c17-14(18)10-23-15-9-12(5-7-19-15)16(22)20-13-3-1-11(2-4-13)6-8-21/h1-5,7,9,14,21H,6,8,10H2,(H,20,22). The summed E-state index contributed by atoms with van der Waals surface area (Å²) in [7, 11) is 0. The van der Waals surface area contributed by atoms with Gasteiger partial charge in [-0.3, -0.25) is 4.79 Å². The second-order valence-corrected chi connectivity index (χ2v) is 4.71. The highest BCUT2D eigenvalue weighted by Crippen LogP contribution is 2.14. The van der Waals surface area contributed by atoms with Gasteiger partial charge in [-0.25, -0.2) is 13.8 Å². The Labute approximate surface area is 131 Å². The number of carbonyl (C=O) groups is 1. The first-order chi connectivity index (χ1) is 11.1. The van der Waals surface area contributed by atoms with Crippen molar-refractivity contribution in [3.8, 4) is 5.88 Å². The van der Waals surface area contributed by atoms with E-state index < -0.39 is 18.9 Å². The van der Waals surface area contributed by atoms with E-state index >= 15 is 0 Å². The van der Waals surface area contributed by atoms with Crippen LogP contribution in [-0.2, 0) is 6.42 Å². The highest BCUT2D eigenvalue weighted by atomic mass is 19.3. The summed E-state index contributed by atoms with van der Waals surface area (Å²) in [6, 6.07) is 9.81. The molecule has 0 fully saturated rings. The average molecular weight is 322 g/mol. The van der Waals surface area contributed by atoms with Gasteiger partial charge in [0.05, 0.1) is 0 Å². The Morgan fingerprint density at radius 2 is 2.00 bits per heavy atom. The maximum absolute atomic E-state index is 12.1. The molecular weight excluding hydrogens is 306 g/mol. The molecule has 1 heterocycles. The number of amides is 1. The summed E-state index contributed by atoms with van der Waals surface area (Å²) in [6.07, 6.45) is -0.740. The summed E-state index contributed by atoms with van der Waals surface area (Å²) in [5.74, 6) is -0.430. The van der Waals surface area contributed by atoms with E-state index in [4.69, 9.17) is 9.84 Å². The highest BCUT2D eigenvalue weighted by Gasteiger charge is 2.10. The van der Waals surface area contributed by atoms with E-state index in [9.17, 15) is 13.6 Å². The molecular formula is C16H16F2N2O3. The fourth-order valence-corrected chi connectivity index (χ4v) is 1.87. The van der Waals surface area contributed by atoms with Crippen molar-refractivity contribution in [2.75, 3.05) is 18.5 Å². The summed E-state index contributed by atoms with van der Waals surface area (Å²) >= 11 is 0. The van der Waals surface area contributed by atoms with Gasteiger partial charge < -0.3 is 15.2 Å². The SMILES string of the molecule is O=C(Nc1ccc(CCO)cc1)c1ccnc(OCC(F)F)c1. The molecule has 23 heavy (non-hydrogen) atoms. The molecule has 0 spiro atoms. The van der Waals surface area contributed by atoms with E-state index in [0.29, 0.717) is 12.1 Å². The topological polar surface area (TPSA) is 71.5 Å². The molecule has 0 radical (unpaired) electrons. The van der Waals surface area contributed by atoms with Crippen LogP contribution >= 0.6 is 0 Å². The van der Waals surface area contributed by atoms with Gasteiger partial charge in [0.25, 0.3) is 12.3 Å². The molecule has 5 nitrogen and oxygen atoms in total. The highest BCUT2D eigenvalue weighted by molar-refractivity contribution is 6.04. The van der Waals surface area contributed by atoms with E-state index in [2.05, 4.69) is 10.3 Å². The summed E-state index contributed by atoms with van der Waals surface area (Å²) in [6.45, 7) is -0.714. The number of aliphatic hydroxyl groups is 1. The van der Waals surface area contributed by atoms with Crippen molar-refractivity contribution in [3.05, 3.63) is 53.7 Å². The van der Waals surface area contributed by atoms with Crippen LogP contribution in [0.2, 0.25) is 0 Å². The number of alkyl halides is 2. The molecule has 0 bridgehead atoms. The predicted molar refractivity (Wildman–Crippen MR) is 80.9 cm³/mol. The van der Waals surface area contributed by atoms with Gasteiger partial charge >= 0.3 is 0 Å². The molecule has 0 atom stereocenters. The quantitative estimate of drug-likeness (QED) is 0.822. The zero-order valence-corrected chi connectivity index (χ0v) is 12.2. The van der Waals surface area contributed by atoms with Gasteiger partial charge in [-0.2, -0.15) is 0 Å². The molecule has 0 saturated heterocycles. The summed E-state index contributed by atoms with van der Waals surface area (Å²) in [5.41, 5.74) is 1.80. The van der Waals surface area contributed by atoms with Crippen molar-refractivity contribution in [1.82, 2.24) is 4.98 Å². The molecule has 2 aromatic rings. The molecule has 0 aliphatic heterocycles. The first kappa shape index (κ1) is 16.8. The van der Waals surface area contributed by atoms with Crippen molar-refractivity contribution < 1.29 is 23.4 Å². The molecule has 7 heteroatoms. The lowest BCUT2D eigenvalue weighted by Crippen LogP contribution is -2.13. The molecule has 0 saturated carbocycles. The Bertz CT molecular complexity index is 648. The van der Waals surface area contributed by atoms with Gasteiger partial charge in [-0.05, 0) is 30.2 Å². The Hall–Kier alpha value is -2.54. The minimum absolute atomic E-state index is 0.0313. The van der Waals surface area contributed by atoms with Crippen LogP contribution in [0.5, 0.6) is 5.88 Å². The lowest BCUT2D eigenvalue weighted by atomic mass is 10.1. The number of rotatable bonds is 7. The summed E-state index contributed by atoms with van der Waals surface area (Å²) in [4.78, 5) is 15.9. The van der Waals surface area contributed by atoms with Gasteiger partial charge in [0.1, 0.15) is 0 Å². The fourth-order valence-electron chi connectivity index (χ4n) is 1.87. The Kier molecular flexibility index (Phi) is 5.99. The lowest BCUT2D eigenvalue weighted by molar-refractivity contribution is 0.0795. The molecule has 1 aromatic carbocycles. The predicted octanol–water partition coefficient (Wildman–Crippen LogP) is 2.51. The van der Waals surface area contributed by atoms with Crippen molar-refractivity contribution in [3.63, 3.8) is 0 Å². The number of pyridine rings is 1. The third-order valence-corrected chi connectivity index (χ3v) is 2.97. The van der Waals surface area contributed by atoms with Crippen molar-refractivity contribution in [1.29, 1.82) is 0 Å². The fraction of sp³-hybridized carbons (Fsp3) is 0.250. The van der Waals surface area contributed by atoms with Gasteiger partial charge in [-0.1, -0.05) is 12.1 Å². The first-order valence-corrected chi connectivity index (χ1v) is 6.96. The van der Waals surface area contributed by atoms with E-state index in [1.54, 1.807) is 24.3 Å². The zero-order chi connectivity index (χ0) is 16.7. The van der Waals surface area contributed by atoms with Gasteiger partial charge in [-0.15, -0.1) is 0 Å².